The Morgan fingerprint density at radius 2 is 1.88 bits per heavy atom. The fraction of sp³-hybridized carbons (Fsp3) is 0.217. The maximum Gasteiger partial charge on any atom is 0.326 e. The molecule has 0 radical (unpaired) electrons. The Labute approximate surface area is 188 Å². The van der Waals surface area contributed by atoms with Crippen molar-refractivity contribution in [2.75, 3.05) is 0 Å². The summed E-state index contributed by atoms with van der Waals surface area (Å²) in [5.41, 5.74) is 8.46. The molecule has 0 amide bonds. The van der Waals surface area contributed by atoms with Crippen LogP contribution in [0.15, 0.2) is 64.1 Å². The van der Waals surface area contributed by atoms with Gasteiger partial charge in [-0.1, -0.05) is 47.6 Å². The number of aliphatic carboxylic acids is 2. The standard InChI is InChI=1S/C23H23FN4O5/c24-19-10-14(7-9-18(19)15-4-2-1-3-5-15)6-8-16-11-17(33-28-16)13-26-23(25)27-20(22(31)32)12-21(29)30/h1-5,7,9-11,20H,6,8,12-13H2,(H,29,30)(H,31,32)(H3,25,26,27). The summed E-state index contributed by atoms with van der Waals surface area (Å²) in [6, 6.07) is 14.7. The van der Waals surface area contributed by atoms with E-state index in [4.69, 9.17) is 20.5 Å². The van der Waals surface area contributed by atoms with E-state index in [9.17, 15) is 14.0 Å². The summed E-state index contributed by atoms with van der Waals surface area (Å²) in [6.45, 7) is -0.00829. The molecular weight excluding hydrogens is 431 g/mol. The average Bonchev–Trinajstić information content (AvgIpc) is 3.24. The Bertz CT molecular complexity index is 1150. The second kappa shape index (κ2) is 10.9. The molecule has 5 N–H and O–H groups in total. The first kappa shape index (κ1) is 23.5. The number of nitrogens with zero attached hydrogens (tertiary/aromatic N) is 2. The molecule has 9 nitrogen and oxygen atoms in total. The van der Waals surface area contributed by atoms with Crippen molar-refractivity contribution in [1.82, 2.24) is 10.5 Å². The number of rotatable bonds is 10. The zero-order chi connectivity index (χ0) is 23.8. The quantitative estimate of drug-likeness (QED) is 0.270. The van der Waals surface area contributed by atoms with Crippen LogP contribution >= 0.6 is 0 Å². The SMILES string of the molecule is NC(=NCc1cc(CCc2ccc(-c3ccccc3)c(F)c2)no1)NC(CC(=O)O)C(=O)O. The maximum absolute atomic E-state index is 14.5. The predicted octanol–water partition coefficient (Wildman–Crippen LogP) is 2.60. The Balaban J connectivity index is 1.54. The van der Waals surface area contributed by atoms with Crippen LogP contribution in [0.4, 0.5) is 4.39 Å². The van der Waals surface area contributed by atoms with Crippen LogP contribution in [0, 0.1) is 5.82 Å². The molecule has 0 aliphatic rings. The lowest BCUT2D eigenvalue weighted by Crippen LogP contribution is -2.45. The summed E-state index contributed by atoms with van der Waals surface area (Å²) in [4.78, 5) is 25.7. The number of carboxylic acids is 2. The number of halogens is 1. The summed E-state index contributed by atoms with van der Waals surface area (Å²) in [5.74, 6) is -2.76. The largest absolute Gasteiger partial charge is 0.481 e. The monoisotopic (exact) mass is 454 g/mol. The van der Waals surface area contributed by atoms with E-state index in [0.717, 1.165) is 11.1 Å². The van der Waals surface area contributed by atoms with E-state index in [2.05, 4.69) is 15.5 Å². The minimum absolute atomic E-state index is 0.00829. The topological polar surface area (TPSA) is 151 Å². The molecule has 1 heterocycles. The van der Waals surface area contributed by atoms with E-state index in [1.54, 1.807) is 12.1 Å². The second-order valence-electron chi connectivity index (χ2n) is 7.30. The number of guanidine groups is 1. The first-order valence-corrected chi connectivity index (χ1v) is 10.1. The fourth-order valence-electron chi connectivity index (χ4n) is 3.15. The summed E-state index contributed by atoms with van der Waals surface area (Å²) in [6.07, 6.45) is 0.427. The molecule has 0 saturated heterocycles. The molecule has 1 aromatic heterocycles. The molecule has 0 saturated carbocycles. The summed E-state index contributed by atoms with van der Waals surface area (Å²) < 4.78 is 19.7. The maximum atomic E-state index is 14.5. The fourth-order valence-corrected chi connectivity index (χ4v) is 3.15. The van der Waals surface area contributed by atoms with Crippen LogP contribution in [0.1, 0.15) is 23.4 Å². The smallest absolute Gasteiger partial charge is 0.326 e. The van der Waals surface area contributed by atoms with Crippen LogP contribution in [0.5, 0.6) is 0 Å². The Morgan fingerprint density at radius 3 is 2.55 bits per heavy atom. The number of hydrogen-bond acceptors (Lipinski definition) is 5. The number of nitrogens with two attached hydrogens (primary N) is 1. The highest BCUT2D eigenvalue weighted by Crippen LogP contribution is 2.24. The second-order valence-corrected chi connectivity index (χ2v) is 7.30. The molecule has 172 valence electrons. The number of benzene rings is 2. The number of aromatic nitrogens is 1. The van der Waals surface area contributed by atoms with E-state index in [0.29, 0.717) is 29.9 Å². The Kier molecular flexibility index (Phi) is 7.74. The van der Waals surface area contributed by atoms with Crippen molar-refractivity contribution in [3.8, 4) is 11.1 Å². The van der Waals surface area contributed by atoms with Gasteiger partial charge in [-0.3, -0.25) is 4.79 Å². The lowest BCUT2D eigenvalue weighted by molar-refractivity contribution is -0.145. The van der Waals surface area contributed by atoms with Crippen LogP contribution in [-0.2, 0) is 29.0 Å². The van der Waals surface area contributed by atoms with Crippen LogP contribution in [0.2, 0.25) is 0 Å². The van der Waals surface area contributed by atoms with Gasteiger partial charge in [0.2, 0.25) is 0 Å². The highest BCUT2D eigenvalue weighted by molar-refractivity contribution is 5.87. The summed E-state index contributed by atoms with van der Waals surface area (Å²) >= 11 is 0. The van der Waals surface area contributed by atoms with Crippen molar-refractivity contribution in [2.45, 2.75) is 31.8 Å². The minimum Gasteiger partial charge on any atom is -0.481 e. The van der Waals surface area contributed by atoms with E-state index in [-0.39, 0.29) is 18.3 Å². The van der Waals surface area contributed by atoms with Crippen molar-refractivity contribution < 1.29 is 28.7 Å². The van der Waals surface area contributed by atoms with Gasteiger partial charge in [0.05, 0.1) is 12.1 Å². The molecule has 0 spiro atoms. The molecule has 0 bridgehead atoms. The van der Waals surface area contributed by atoms with Crippen LogP contribution in [0.25, 0.3) is 11.1 Å². The van der Waals surface area contributed by atoms with Gasteiger partial charge >= 0.3 is 11.9 Å². The van der Waals surface area contributed by atoms with Crippen LogP contribution in [-0.4, -0.2) is 39.3 Å². The molecule has 3 aromatic rings. The van der Waals surface area contributed by atoms with Crippen molar-refractivity contribution in [3.63, 3.8) is 0 Å². The van der Waals surface area contributed by atoms with Crippen molar-refractivity contribution in [2.24, 2.45) is 10.7 Å². The number of carboxylic acid groups (broad SMARTS) is 2. The van der Waals surface area contributed by atoms with Crippen molar-refractivity contribution in [3.05, 3.63) is 77.4 Å². The molecule has 1 atom stereocenters. The van der Waals surface area contributed by atoms with E-state index in [1.807, 2.05) is 36.4 Å². The number of aryl methyl sites for hydroxylation is 2. The van der Waals surface area contributed by atoms with Crippen LogP contribution < -0.4 is 11.1 Å². The molecular formula is C23H23FN4O5. The van der Waals surface area contributed by atoms with Crippen molar-refractivity contribution in [1.29, 1.82) is 0 Å². The average molecular weight is 454 g/mol. The number of nitrogens with one attached hydrogen (secondary N) is 1. The van der Waals surface area contributed by atoms with Crippen LogP contribution in [0.3, 0.4) is 0 Å². The van der Waals surface area contributed by atoms with E-state index >= 15 is 0 Å². The molecule has 33 heavy (non-hydrogen) atoms. The highest BCUT2D eigenvalue weighted by atomic mass is 19.1. The van der Waals surface area contributed by atoms with E-state index < -0.39 is 24.4 Å². The molecule has 1 unspecified atom stereocenters. The zero-order valence-corrected chi connectivity index (χ0v) is 17.6. The normalized spacial score (nSPS) is 12.3. The third-order valence-corrected chi connectivity index (χ3v) is 4.80. The van der Waals surface area contributed by atoms with Gasteiger partial charge in [-0.15, -0.1) is 0 Å². The number of carbonyl (C=O) groups is 2. The van der Waals surface area contributed by atoms with Gasteiger partial charge in [-0.25, -0.2) is 14.2 Å². The Hall–Kier alpha value is -4.21. The first-order chi connectivity index (χ1) is 15.8. The molecule has 0 aliphatic heterocycles. The third-order valence-electron chi connectivity index (χ3n) is 4.80. The molecule has 2 aromatic carbocycles. The van der Waals surface area contributed by atoms with Gasteiger partial charge in [0.25, 0.3) is 0 Å². The number of aliphatic imine (C=N–C) groups is 1. The first-order valence-electron chi connectivity index (χ1n) is 10.1. The molecule has 10 heteroatoms. The lowest BCUT2D eigenvalue weighted by Gasteiger charge is -2.12. The lowest BCUT2D eigenvalue weighted by atomic mass is 10.0. The molecule has 3 rings (SSSR count). The van der Waals surface area contributed by atoms with Crippen molar-refractivity contribution >= 4 is 17.9 Å². The minimum atomic E-state index is -1.40. The third kappa shape index (κ3) is 6.89. The Morgan fingerprint density at radius 1 is 1.12 bits per heavy atom. The molecule has 0 aliphatic carbocycles. The summed E-state index contributed by atoms with van der Waals surface area (Å²) in [7, 11) is 0. The highest BCUT2D eigenvalue weighted by Gasteiger charge is 2.21. The van der Waals surface area contributed by atoms with Gasteiger partial charge in [0.15, 0.2) is 11.7 Å². The van der Waals surface area contributed by atoms with Gasteiger partial charge in [0.1, 0.15) is 18.4 Å². The van der Waals surface area contributed by atoms with Gasteiger partial charge in [-0.2, -0.15) is 0 Å². The van der Waals surface area contributed by atoms with Gasteiger partial charge in [0, 0.05) is 11.6 Å². The number of hydrogen-bond donors (Lipinski definition) is 4. The van der Waals surface area contributed by atoms with E-state index in [1.165, 1.54) is 6.07 Å². The zero-order valence-electron chi connectivity index (χ0n) is 17.6. The van der Waals surface area contributed by atoms with Gasteiger partial charge < -0.3 is 25.8 Å². The molecule has 0 fully saturated rings. The van der Waals surface area contributed by atoms with Gasteiger partial charge in [-0.05, 0) is 30.0 Å². The summed E-state index contributed by atoms with van der Waals surface area (Å²) in [5, 5.41) is 24.1. The predicted molar refractivity (Wildman–Crippen MR) is 118 cm³/mol.